The molecule has 1 heterocycles. The summed E-state index contributed by atoms with van der Waals surface area (Å²) in [5, 5.41) is 2.70. The van der Waals surface area contributed by atoms with Gasteiger partial charge in [-0.05, 0) is 29.3 Å². The molecule has 0 aliphatic carbocycles. The fraction of sp³-hybridized carbons (Fsp3) is 0.125. The first kappa shape index (κ1) is 13.5. The van der Waals surface area contributed by atoms with Crippen molar-refractivity contribution in [3.63, 3.8) is 0 Å². The van der Waals surface area contributed by atoms with E-state index in [1.165, 1.54) is 12.1 Å². The third-order valence-electron chi connectivity index (χ3n) is 3.43. The Bertz CT molecular complexity index is 727. The van der Waals surface area contributed by atoms with Crippen LogP contribution in [0.25, 0.3) is 0 Å². The highest BCUT2D eigenvalue weighted by atomic mass is 19.1. The summed E-state index contributed by atoms with van der Waals surface area (Å²) in [6, 6.07) is 10.5. The van der Waals surface area contributed by atoms with Crippen molar-refractivity contribution < 1.29 is 9.18 Å². The van der Waals surface area contributed by atoms with Crippen LogP contribution in [-0.2, 0) is 11.3 Å². The van der Waals surface area contributed by atoms with E-state index in [0.717, 1.165) is 11.1 Å². The van der Waals surface area contributed by atoms with Gasteiger partial charge in [-0.3, -0.25) is 9.79 Å². The molecule has 1 amide bonds. The van der Waals surface area contributed by atoms with Crippen molar-refractivity contribution in [1.82, 2.24) is 0 Å². The first-order valence-corrected chi connectivity index (χ1v) is 6.59. The van der Waals surface area contributed by atoms with Gasteiger partial charge in [-0.2, -0.15) is 0 Å². The van der Waals surface area contributed by atoms with Gasteiger partial charge in [0.15, 0.2) is 0 Å². The summed E-state index contributed by atoms with van der Waals surface area (Å²) in [7, 11) is 0. The fourth-order valence-electron chi connectivity index (χ4n) is 2.27. The quantitative estimate of drug-likeness (QED) is 0.908. The molecule has 106 valence electrons. The topological polar surface area (TPSA) is 67.5 Å². The number of hydrogen-bond acceptors (Lipinski definition) is 3. The predicted molar refractivity (Wildman–Crippen MR) is 79.7 cm³/mol. The number of benzene rings is 2. The maximum Gasteiger partial charge on any atom is 0.245 e. The second-order valence-corrected chi connectivity index (χ2v) is 4.87. The minimum Gasteiger partial charge on any atom is -0.324 e. The number of amides is 1. The number of fused-ring (bicyclic) bond motifs is 1. The van der Waals surface area contributed by atoms with Crippen LogP contribution in [-0.4, -0.2) is 12.1 Å². The van der Waals surface area contributed by atoms with Crippen molar-refractivity contribution >= 4 is 17.8 Å². The molecule has 3 rings (SSSR count). The van der Waals surface area contributed by atoms with Gasteiger partial charge in [-0.1, -0.05) is 24.3 Å². The van der Waals surface area contributed by atoms with Crippen molar-refractivity contribution in [3.8, 4) is 0 Å². The molecule has 2 aromatic rings. The summed E-state index contributed by atoms with van der Waals surface area (Å²) in [6.07, 6.45) is 1.77. The Morgan fingerprint density at radius 1 is 1.29 bits per heavy atom. The highest BCUT2D eigenvalue weighted by Crippen LogP contribution is 2.21. The number of carbonyl (C=O) groups excluding carboxylic acids is 1. The predicted octanol–water partition coefficient (Wildman–Crippen LogP) is 2.40. The van der Waals surface area contributed by atoms with Crippen LogP contribution >= 0.6 is 0 Å². The zero-order chi connectivity index (χ0) is 14.8. The van der Waals surface area contributed by atoms with Crippen LogP contribution in [0.3, 0.4) is 0 Å². The van der Waals surface area contributed by atoms with E-state index in [-0.39, 0.29) is 5.56 Å². The number of rotatable bonds is 3. The van der Waals surface area contributed by atoms with E-state index >= 15 is 0 Å². The molecule has 0 bridgehead atoms. The van der Waals surface area contributed by atoms with Crippen molar-refractivity contribution in [2.24, 2.45) is 10.7 Å². The van der Waals surface area contributed by atoms with Crippen LogP contribution in [0.4, 0.5) is 10.1 Å². The number of anilines is 1. The number of aliphatic imine (C=N–C) groups is 1. The molecule has 1 atom stereocenters. The highest BCUT2D eigenvalue weighted by molar-refractivity contribution is 5.96. The molecular formula is C16H14FN3O. The summed E-state index contributed by atoms with van der Waals surface area (Å²) in [5.74, 6) is -0.934. The van der Waals surface area contributed by atoms with Crippen LogP contribution in [0.15, 0.2) is 47.5 Å². The SMILES string of the molecule is NC(C(=O)Nc1ccc2c(c1)C=NC2)c1ccccc1F. The average Bonchev–Trinajstić information content (AvgIpc) is 2.94. The molecule has 5 heteroatoms. The van der Waals surface area contributed by atoms with Gasteiger partial charge in [-0.25, -0.2) is 4.39 Å². The van der Waals surface area contributed by atoms with Gasteiger partial charge in [0.2, 0.25) is 5.91 Å². The van der Waals surface area contributed by atoms with Gasteiger partial charge >= 0.3 is 0 Å². The summed E-state index contributed by atoms with van der Waals surface area (Å²) in [6.45, 7) is 0.665. The minimum absolute atomic E-state index is 0.178. The minimum atomic E-state index is -1.05. The van der Waals surface area contributed by atoms with E-state index in [9.17, 15) is 9.18 Å². The van der Waals surface area contributed by atoms with E-state index in [1.54, 1.807) is 24.4 Å². The number of hydrogen-bond donors (Lipinski definition) is 2. The molecular weight excluding hydrogens is 269 g/mol. The average molecular weight is 283 g/mol. The van der Waals surface area contributed by atoms with Crippen molar-refractivity contribution in [2.75, 3.05) is 5.32 Å². The van der Waals surface area contributed by atoms with Gasteiger partial charge in [0.25, 0.3) is 0 Å². The number of nitrogens with zero attached hydrogens (tertiary/aromatic N) is 1. The van der Waals surface area contributed by atoms with Crippen LogP contribution in [0.5, 0.6) is 0 Å². The lowest BCUT2D eigenvalue weighted by molar-refractivity contribution is -0.117. The molecule has 0 aromatic heterocycles. The van der Waals surface area contributed by atoms with Gasteiger partial charge in [0.05, 0.1) is 6.54 Å². The summed E-state index contributed by atoms with van der Waals surface area (Å²) < 4.78 is 13.6. The highest BCUT2D eigenvalue weighted by Gasteiger charge is 2.19. The Labute approximate surface area is 121 Å². The molecule has 21 heavy (non-hydrogen) atoms. The Morgan fingerprint density at radius 3 is 2.90 bits per heavy atom. The molecule has 0 saturated heterocycles. The lowest BCUT2D eigenvalue weighted by Gasteiger charge is -2.13. The lowest BCUT2D eigenvalue weighted by atomic mass is 10.1. The number of nitrogens with two attached hydrogens (primary N) is 1. The van der Waals surface area contributed by atoms with Crippen molar-refractivity contribution in [3.05, 3.63) is 65.0 Å². The Morgan fingerprint density at radius 2 is 2.10 bits per heavy atom. The molecule has 0 saturated carbocycles. The Balaban J connectivity index is 1.77. The normalized spacial score (nSPS) is 13.8. The molecule has 2 aromatic carbocycles. The molecule has 0 spiro atoms. The van der Waals surface area contributed by atoms with Gasteiger partial charge < -0.3 is 11.1 Å². The van der Waals surface area contributed by atoms with E-state index in [4.69, 9.17) is 5.73 Å². The fourth-order valence-corrected chi connectivity index (χ4v) is 2.27. The lowest BCUT2D eigenvalue weighted by Crippen LogP contribution is -2.28. The molecule has 3 N–H and O–H groups in total. The molecule has 1 unspecified atom stereocenters. The largest absolute Gasteiger partial charge is 0.324 e. The molecule has 4 nitrogen and oxygen atoms in total. The van der Waals surface area contributed by atoms with Crippen LogP contribution in [0.1, 0.15) is 22.7 Å². The van der Waals surface area contributed by atoms with Crippen molar-refractivity contribution in [2.45, 2.75) is 12.6 Å². The first-order chi connectivity index (χ1) is 10.1. The van der Waals surface area contributed by atoms with E-state index < -0.39 is 17.8 Å². The summed E-state index contributed by atoms with van der Waals surface area (Å²) in [5.41, 5.74) is 8.72. The maximum absolute atomic E-state index is 13.6. The van der Waals surface area contributed by atoms with Gasteiger partial charge in [0.1, 0.15) is 11.9 Å². The van der Waals surface area contributed by atoms with Crippen LogP contribution in [0, 0.1) is 5.82 Å². The van der Waals surface area contributed by atoms with E-state index in [2.05, 4.69) is 10.3 Å². The Kier molecular flexibility index (Phi) is 3.50. The third kappa shape index (κ3) is 2.68. The standard InChI is InChI=1S/C16H14FN3O/c17-14-4-2-1-3-13(14)15(18)16(21)20-12-6-5-10-8-19-9-11(10)7-12/h1-7,9,15H,8,18H2,(H,20,21). The molecule has 1 aliphatic rings. The molecule has 1 aliphatic heterocycles. The van der Waals surface area contributed by atoms with E-state index in [0.29, 0.717) is 12.2 Å². The number of carbonyl (C=O) groups is 1. The number of halogens is 1. The van der Waals surface area contributed by atoms with Crippen molar-refractivity contribution in [1.29, 1.82) is 0 Å². The first-order valence-electron chi connectivity index (χ1n) is 6.59. The third-order valence-corrected chi connectivity index (χ3v) is 3.43. The van der Waals surface area contributed by atoms with Gasteiger partial charge in [0, 0.05) is 17.5 Å². The molecule has 0 radical (unpaired) electrons. The smallest absolute Gasteiger partial charge is 0.245 e. The van der Waals surface area contributed by atoms with Crippen LogP contribution < -0.4 is 11.1 Å². The number of nitrogens with one attached hydrogen (secondary N) is 1. The second-order valence-electron chi connectivity index (χ2n) is 4.87. The monoisotopic (exact) mass is 283 g/mol. The van der Waals surface area contributed by atoms with E-state index in [1.807, 2.05) is 12.1 Å². The summed E-state index contributed by atoms with van der Waals surface area (Å²) in [4.78, 5) is 16.3. The summed E-state index contributed by atoms with van der Waals surface area (Å²) >= 11 is 0. The molecule has 0 fully saturated rings. The zero-order valence-corrected chi connectivity index (χ0v) is 11.2. The second kappa shape index (κ2) is 5.46. The van der Waals surface area contributed by atoms with Crippen LogP contribution in [0.2, 0.25) is 0 Å². The maximum atomic E-state index is 13.6. The zero-order valence-electron chi connectivity index (χ0n) is 11.2. The Hall–Kier alpha value is -2.53. The van der Waals surface area contributed by atoms with Gasteiger partial charge in [-0.15, -0.1) is 0 Å².